The van der Waals surface area contributed by atoms with E-state index in [1.54, 1.807) is 0 Å². The van der Waals surface area contributed by atoms with Crippen molar-refractivity contribution in [3.05, 3.63) is 36.5 Å². The number of ether oxygens (including phenoxy) is 3. The molecule has 0 N–H and O–H groups in total. The molecule has 0 rings (SSSR count). The molecule has 0 spiro atoms. The summed E-state index contributed by atoms with van der Waals surface area (Å²) in [4.78, 5) is 38.1. The number of hydrogen-bond donors (Lipinski definition) is 0. The first-order chi connectivity index (χ1) is 32.0. The molecule has 6 heteroatoms. The fourth-order valence-corrected chi connectivity index (χ4v) is 8.25. The maximum absolute atomic E-state index is 12.8. The van der Waals surface area contributed by atoms with E-state index in [1.165, 1.54) is 199 Å². The Bertz CT molecular complexity index is 1090. The third kappa shape index (κ3) is 52.5. The largest absolute Gasteiger partial charge is 0.462 e. The minimum atomic E-state index is -0.777. The van der Waals surface area contributed by atoms with Crippen LogP contribution in [0.3, 0.4) is 0 Å². The van der Waals surface area contributed by atoms with Crippen LogP contribution in [0.15, 0.2) is 36.5 Å². The smallest absolute Gasteiger partial charge is 0.306 e. The molecule has 0 saturated heterocycles. The standard InChI is InChI=1S/C59H108O6/c1-4-7-10-13-16-19-22-25-27-28-29-30-32-35-37-40-43-46-49-52-58(61)64-55-56(65-59(62)53-50-47-44-41-38-33-24-21-18-15-12-9-6-3)54-63-57(60)51-48-45-42-39-36-34-31-26-23-20-17-14-11-8-5-2/h20-21,23-25,27,56H,4-19,22,26,28-55H2,1-3H3/b23-20-,24-21-,27-25-/t56-/m0/s1. The first kappa shape index (κ1) is 62.6. The van der Waals surface area contributed by atoms with E-state index in [0.29, 0.717) is 19.3 Å². The van der Waals surface area contributed by atoms with Crippen LogP contribution in [-0.4, -0.2) is 37.2 Å². The minimum Gasteiger partial charge on any atom is -0.462 e. The Morgan fingerprint density at radius 1 is 0.292 bits per heavy atom. The Hall–Kier alpha value is -2.37. The molecule has 0 aliphatic carbocycles. The van der Waals surface area contributed by atoms with Gasteiger partial charge in [-0.2, -0.15) is 0 Å². The maximum Gasteiger partial charge on any atom is 0.306 e. The third-order valence-corrected chi connectivity index (χ3v) is 12.6. The van der Waals surface area contributed by atoms with Crippen LogP contribution in [0.25, 0.3) is 0 Å². The van der Waals surface area contributed by atoms with Crippen molar-refractivity contribution in [2.24, 2.45) is 0 Å². The average Bonchev–Trinajstić information content (AvgIpc) is 3.30. The van der Waals surface area contributed by atoms with Gasteiger partial charge in [0.1, 0.15) is 13.2 Å². The molecular formula is C59H108O6. The highest BCUT2D eigenvalue weighted by Gasteiger charge is 2.19. The van der Waals surface area contributed by atoms with E-state index in [-0.39, 0.29) is 31.1 Å². The van der Waals surface area contributed by atoms with Gasteiger partial charge in [0.25, 0.3) is 0 Å². The van der Waals surface area contributed by atoms with Crippen molar-refractivity contribution in [3.63, 3.8) is 0 Å². The van der Waals surface area contributed by atoms with Crippen LogP contribution in [0, 0.1) is 0 Å². The monoisotopic (exact) mass is 913 g/mol. The highest BCUT2D eigenvalue weighted by Crippen LogP contribution is 2.16. The molecular weight excluding hydrogens is 805 g/mol. The molecule has 0 fully saturated rings. The van der Waals surface area contributed by atoms with Gasteiger partial charge in [-0.1, -0.05) is 224 Å². The Labute approximate surface area is 404 Å². The van der Waals surface area contributed by atoms with Crippen LogP contribution in [-0.2, 0) is 28.6 Å². The topological polar surface area (TPSA) is 78.9 Å². The fraction of sp³-hybridized carbons (Fsp3) is 0.847. The number of carbonyl (C=O) groups is 3. The van der Waals surface area contributed by atoms with Crippen LogP contribution in [0.5, 0.6) is 0 Å². The van der Waals surface area contributed by atoms with Crippen LogP contribution < -0.4 is 0 Å². The number of hydrogen-bond acceptors (Lipinski definition) is 6. The van der Waals surface area contributed by atoms with Crippen molar-refractivity contribution in [2.75, 3.05) is 13.2 Å². The summed E-state index contributed by atoms with van der Waals surface area (Å²) in [6, 6.07) is 0. The number of allylic oxidation sites excluding steroid dienone is 6. The summed E-state index contributed by atoms with van der Waals surface area (Å²) in [5, 5.41) is 0. The number of esters is 3. The number of rotatable bonds is 52. The number of carbonyl (C=O) groups excluding carboxylic acids is 3. The summed E-state index contributed by atoms with van der Waals surface area (Å²) in [7, 11) is 0. The quantitative estimate of drug-likeness (QED) is 0.0262. The molecule has 0 aromatic rings. The molecule has 0 saturated carbocycles. The molecule has 0 aliphatic heterocycles. The highest BCUT2D eigenvalue weighted by molar-refractivity contribution is 5.71. The highest BCUT2D eigenvalue weighted by atomic mass is 16.6. The lowest BCUT2D eigenvalue weighted by Gasteiger charge is -2.18. The molecule has 0 unspecified atom stereocenters. The van der Waals surface area contributed by atoms with Crippen molar-refractivity contribution in [3.8, 4) is 0 Å². The molecule has 65 heavy (non-hydrogen) atoms. The van der Waals surface area contributed by atoms with E-state index >= 15 is 0 Å². The first-order valence-corrected chi connectivity index (χ1v) is 28.5. The van der Waals surface area contributed by atoms with Gasteiger partial charge < -0.3 is 14.2 Å². The zero-order valence-electron chi connectivity index (χ0n) is 43.5. The predicted molar refractivity (Wildman–Crippen MR) is 279 cm³/mol. The lowest BCUT2D eigenvalue weighted by molar-refractivity contribution is -0.167. The van der Waals surface area contributed by atoms with Gasteiger partial charge in [0, 0.05) is 19.3 Å². The molecule has 6 nitrogen and oxygen atoms in total. The summed E-state index contributed by atoms with van der Waals surface area (Å²) >= 11 is 0. The average molecular weight is 914 g/mol. The van der Waals surface area contributed by atoms with E-state index in [0.717, 1.165) is 64.2 Å². The van der Waals surface area contributed by atoms with Crippen LogP contribution in [0.1, 0.15) is 303 Å². The molecule has 380 valence electrons. The van der Waals surface area contributed by atoms with Gasteiger partial charge >= 0.3 is 17.9 Å². The second kappa shape index (κ2) is 54.2. The molecule has 0 amide bonds. The second-order valence-corrected chi connectivity index (χ2v) is 19.2. The summed E-state index contributed by atoms with van der Waals surface area (Å²) in [5.41, 5.74) is 0. The van der Waals surface area contributed by atoms with Crippen LogP contribution >= 0.6 is 0 Å². The van der Waals surface area contributed by atoms with Gasteiger partial charge in [0.05, 0.1) is 0 Å². The van der Waals surface area contributed by atoms with Gasteiger partial charge in [-0.25, -0.2) is 0 Å². The second-order valence-electron chi connectivity index (χ2n) is 19.2. The Morgan fingerprint density at radius 2 is 0.508 bits per heavy atom. The molecule has 0 aromatic heterocycles. The molecule has 1 atom stereocenters. The summed E-state index contributed by atoms with van der Waals surface area (Å²) in [5.74, 6) is -0.877. The molecule has 0 heterocycles. The summed E-state index contributed by atoms with van der Waals surface area (Å²) in [6.45, 7) is 6.63. The Balaban J connectivity index is 4.33. The molecule has 0 aliphatic rings. The van der Waals surface area contributed by atoms with Crippen molar-refractivity contribution in [1.29, 1.82) is 0 Å². The lowest BCUT2D eigenvalue weighted by Crippen LogP contribution is -2.30. The Kier molecular flexibility index (Phi) is 52.3. The van der Waals surface area contributed by atoms with Gasteiger partial charge in [0.2, 0.25) is 0 Å². The fourth-order valence-electron chi connectivity index (χ4n) is 8.25. The van der Waals surface area contributed by atoms with Gasteiger partial charge in [-0.3, -0.25) is 14.4 Å². The van der Waals surface area contributed by atoms with Crippen molar-refractivity contribution in [2.45, 2.75) is 309 Å². The zero-order valence-corrected chi connectivity index (χ0v) is 43.5. The van der Waals surface area contributed by atoms with Crippen molar-refractivity contribution >= 4 is 17.9 Å². The van der Waals surface area contributed by atoms with Crippen LogP contribution in [0.4, 0.5) is 0 Å². The maximum atomic E-state index is 12.8. The van der Waals surface area contributed by atoms with Crippen molar-refractivity contribution < 1.29 is 28.6 Å². The van der Waals surface area contributed by atoms with Gasteiger partial charge in [-0.05, 0) is 96.3 Å². The lowest BCUT2D eigenvalue weighted by atomic mass is 10.1. The third-order valence-electron chi connectivity index (χ3n) is 12.6. The van der Waals surface area contributed by atoms with Gasteiger partial charge in [-0.15, -0.1) is 0 Å². The molecule has 0 aromatic carbocycles. The van der Waals surface area contributed by atoms with E-state index in [9.17, 15) is 14.4 Å². The number of unbranched alkanes of at least 4 members (excludes halogenated alkanes) is 35. The van der Waals surface area contributed by atoms with E-state index in [1.807, 2.05) is 0 Å². The van der Waals surface area contributed by atoms with Gasteiger partial charge in [0.15, 0.2) is 6.10 Å². The van der Waals surface area contributed by atoms with E-state index in [4.69, 9.17) is 14.2 Å². The van der Waals surface area contributed by atoms with E-state index < -0.39 is 6.10 Å². The predicted octanol–water partition coefficient (Wildman–Crippen LogP) is 18.9. The summed E-state index contributed by atoms with van der Waals surface area (Å²) in [6.07, 6.45) is 64.1. The van der Waals surface area contributed by atoms with E-state index in [2.05, 4.69) is 57.2 Å². The zero-order chi connectivity index (χ0) is 47.2. The molecule has 0 radical (unpaired) electrons. The van der Waals surface area contributed by atoms with Crippen molar-refractivity contribution in [1.82, 2.24) is 0 Å². The summed E-state index contributed by atoms with van der Waals surface area (Å²) < 4.78 is 16.8. The minimum absolute atomic E-state index is 0.0758. The SMILES string of the molecule is CCCCCC/C=C\CCCCCCCCCC(=O)OC[C@@H](COC(=O)CCCCCCCCCCC/C=C\CCCCCCCC)OC(=O)CCCCCCC/C=C\CCCCCC. The first-order valence-electron chi connectivity index (χ1n) is 28.5. The Morgan fingerprint density at radius 3 is 0.785 bits per heavy atom. The van der Waals surface area contributed by atoms with Crippen LogP contribution in [0.2, 0.25) is 0 Å². The normalized spacial score (nSPS) is 12.2. The molecule has 0 bridgehead atoms.